The Morgan fingerprint density at radius 3 is 2.95 bits per heavy atom. The third-order valence-electron chi connectivity index (χ3n) is 4.13. The predicted molar refractivity (Wildman–Crippen MR) is 84.7 cm³/mol. The van der Waals surface area contributed by atoms with Crippen molar-refractivity contribution in [2.75, 3.05) is 26.2 Å². The van der Waals surface area contributed by atoms with Crippen molar-refractivity contribution in [3.8, 4) is 5.75 Å². The SMILES string of the molecule is CCN1CCCC1CNC(=O)COc1ccc(C)cc1C. The Balaban J connectivity index is 1.74. The third kappa shape index (κ3) is 4.46. The normalized spacial score (nSPS) is 18.7. The van der Waals surface area contributed by atoms with Crippen molar-refractivity contribution in [3.63, 3.8) is 0 Å². The number of likely N-dealkylation sites (tertiary alicyclic amines) is 1. The fourth-order valence-corrected chi connectivity index (χ4v) is 2.93. The molecule has 0 radical (unpaired) electrons. The molecule has 0 aliphatic carbocycles. The number of nitrogens with one attached hydrogen (secondary N) is 1. The maximum atomic E-state index is 11.9. The molecule has 1 aromatic rings. The summed E-state index contributed by atoms with van der Waals surface area (Å²) in [7, 11) is 0. The van der Waals surface area contributed by atoms with Gasteiger partial charge in [-0.25, -0.2) is 0 Å². The number of aryl methyl sites for hydroxylation is 2. The van der Waals surface area contributed by atoms with Crippen LogP contribution in [0.3, 0.4) is 0 Å². The molecule has 1 aromatic carbocycles. The minimum absolute atomic E-state index is 0.0436. The van der Waals surface area contributed by atoms with Gasteiger partial charge in [-0.15, -0.1) is 0 Å². The smallest absolute Gasteiger partial charge is 0.257 e. The topological polar surface area (TPSA) is 41.6 Å². The zero-order chi connectivity index (χ0) is 15.2. The second-order valence-corrected chi connectivity index (χ2v) is 5.79. The van der Waals surface area contributed by atoms with E-state index in [0.29, 0.717) is 6.04 Å². The molecule has 0 bridgehead atoms. The van der Waals surface area contributed by atoms with E-state index in [9.17, 15) is 4.79 Å². The molecule has 1 heterocycles. The number of carbonyl (C=O) groups excluding carboxylic acids is 1. The van der Waals surface area contributed by atoms with Crippen LogP contribution in [0.25, 0.3) is 0 Å². The Morgan fingerprint density at radius 2 is 2.24 bits per heavy atom. The van der Waals surface area contributed by atoms with Crippen LogP contribution in [0.4, 0.5) is 0 Å². The van der Waals surface area contributed by atoms with Crippen LogP contribution in [0.15, 0.2) is 18.2 Å². The summed E-state index contributed by atoms with van der Waals surface area (Å²) in [5, 5.41) is 2.98. The molecule has 116 valence electrons. The molecule has 1 N–H and O–H groups in total. The Hall–Kier alpha value is -1.55. The predicted octanol–water partition coefficient (Wildman–Crippen LogP) is 2.28. The van der Waals surface area contributed by atoms with Gasteiger partial charge in [0.25, 0.3) is 5.91 Å². The van der Waals surface area contributed by atoms with Gasteiger partial charge in [0.1, 0.15) is 5.75 Å². The average Bonchev–Trinajstić information content (AvgIpc) is 2.91. The number of hydrogen-bond acceptors (Lipinski definition) is 3. The van der Waals surface area contributed by atoms with E-state index in [1.165, 1.54) is 18.4 Å². The first-order chi connectivity index (χ1) is 10.1. The van der Waals surface area contributed by atoms with Gasteiger partial charge >= 0.3 is 0 Å². The van der Waals surface area contributed by atoms with Crippen molar-refractivity contribution < 1.29 is 9.53 Å². The summed E-state index contributed by atoms with van der Waals surface area (Å²) >= 11 is 0. The minimum atomic E-state index is -0.0436. The van der Waals surface area contributed by atoms with Gasteiger partial charge in [0.2, 0.25) is 0 Å². The van der Waals surface area contributed by atoms with Crippen LogP contribution in [0.5, 0.6) is 5.75 Å². The summed E-state index contributed by atoms with van der Waals surface area (Å²) in [5.74, 6) is 0.740. The summed E-state index contributed by atoms with van der Waals surface area (Å²) in [6.45, 7) is 9.23. The van der Waals surface area contributed by atoms with Crippen molar-refractivity contribution >= 4 is 5.91 Å². The molecular weight excluding hydrogens is 264 g/mol. The summed E-state index contributed by atoms with van der Waals surface area (Å²) < 4.78 is 5.60. The van der Waals surface area contributed by atoms with Gasteiger partial charge in [-0.2, -0.15) is 0 Å². The van der Waals surface area contributed by atoms with Crippen molar-refractivity contribution in [2.45, 2.75) is 39.7 Å². The van der Waals surface area contributed by atoms with Gasteiger partial charge in [-0.1, -0.05) is 24.6 Å². The molecule has 1 unspecified atom stereocenters. The Kier molecular flexibility index (Phi) is 5.62. The number of ether oxygens (including phenoxy) is 1. The zero-order valence-corrected chi connectivity index (χ0v) is 13.3. The van der Waals surface area contributed by atoms with Gasteiger partial charge in [0.05, 0.1) is 0 Å². The van der Waals surface area contributed by atoms with Crippen LogP contribution >= 0.6 is 0 Å². The van der Waals surface area contributed by atoms with Crippen LogP contribution < -0.4 is 10.1 Å². The molecule has 0 saturated carbocycles. The number of benzene rings is 1. The number of rotatable bonds is 6. The standard InChI is InChI=1S/C17H26N2O2/c1-4-19-9-5-6-15(19)11-18-17(20)12-21-16-8-7-13(2)10-14(16)3/h7-8,10,15H,4-6,9,11-12H2,1-3H3,(H,18,20). The molecule has 21 heavy (non-hydrogen) atoms. The highest BCUT2D eigenvalue weighted by molar-refractivity contribution is 5.77. The zero-order valence-electron chi connectivity index (χ0n) is 13.3. The summed E-state index contributed by atoms with van der Waals surface area (Å²) in [5.41, 5.74) is 2.26. The highest BCUT2D eigenvalue weighted by atomic mass is 16.5. The van der Waals surface area contributed by atoms with E-state index in [2.05, 4.69) is 23.2 Å². The summed E-state index contributed by atoms with van der Waals surface area (Å²) in [6.07, 6.45) is 2.40. The molecular formula is C17H26N2O2. The second-order valence-electron chi connectivity index (χ2n) is 5.79. The summed E-state index contributed by atoms with van der Waals surface area (Å²) in [6, 6.07) is 6.47. The monoisotopic (exact) mass is 290 g/mol. The van der Waals surface area contributed by atoms with E-state index < -0.39 is 0 Å². The second kappa shape index (κ2) is 7.46. The Morgan fingerprint density at radius 1 is 1.43 bits per heavy atom. The van der Waals surface area contributed by atoms with Gasteiger partial charge in [0.15, 0.2) is 6.61 Å². The lowest BCUT2D eigenvalue weighted by Gasteiger charge is -2.22. The maximum Gasteiger partial charge on any atom is 0.257 e. The molecule has 0 spiro atoms. The quantitative estimate of drug-likeness (QED) is 0.874. The van der Waals surface area contributed by atoms with E-state index in [0.717, 1.165) is 30.9 Å². The highest BCUT2D eigenvalue weighted by Gasteiger charge is 2.23. The Bertz CT molecular complexity index is 488. The lowest BCUT2D eigenvalue weighted by Crippen LogP contribution is -2.41. The molecule has 2 rings (SSSR count). The van der Waals surface area contributed by atoms with E-state index in [1.807, 2.05) is 26.0 Å². The van der Waals surface area contributed by atoms with E-state index in [4.69, 9.17) is 4.74 Å². The minimum Gasteiger partial charge on any atom is -0.484 e. The largest absolute Gasteiger partial charge is 0.484 e. The summed E-state index contributed by atoms with van der Waals surface area (Å²) in [4.78, 5) is 14.3. The van der Waals surface area contributed by atoms with Gasteiger partial charge in [0, 0.05) is 12.6 Å². The van der Waals surface area contributed by atoms with Crippen LogP contribution in [-0.2, 0) is 4.79 Å². The lowest BCUT2D eigenvalue weighted by atomic mass is 10.1. The fraction of sp³-hybridized carbons (Fsp3) is 0.588. The fourth-order valence-electron chi connectivity index (χ4n) is 2.93. The van der Waals surface area contributed by atoms with E-state index in [1.54, 1.807) is 0 Å². The van der Waals surface area contributed by atoms with E-state index in [-0.39, 0.29) is 12.5 Å². The van der Waals surface area contributed by atoms with Crippen LogP contribution in [-0.4, -0.2) is 43.1 Å². The van der Waals surface area contributed by atoms with Crippen LogP contribution in [0, 0.1) is 13.8 Å². The molecule has 4 heteroatoms. The highest BCUT2D eigenvalue weighted by Crippen LogP contribution is 2.18. The van der Waals surface area contributed by atoms with Gasteiger partial charge in [-0.05, 0) is 51.4 Å². The van der Waals surface area contributed by atoms with Gasteiger partial charge < -0.3 is 10.1 Å². The first-order valence-electron chi connectivity index (χ1n) is 7.81. The Labute approximate surface area is 127 Å². The average molecular weight is 290 g/mol. The first kappa shape index (κ1) is 15.8. The molecule has 1 aliphatic heterocycles. The molecule has 1 saturated heterocycles. The van der Waals surface area contributed by atoms with Crippen molar-refractivity contribution in [1.82, 2.24) is 10.2 Å². The first-order valence-corrected chi connectivity index (χ1v) is 7.81. The lowest BCUT2D eigenvalue weighted by molar-refractivity contribution is -0.123. The van der Waals surface area contributed by atoms with Crippen molar-refractivity contribution in [2.24, 2.45) is 0 Å². The number of nitrogens with zero attached hydrogens (tertiary/aromatic N) is 1. The molecule has 0 aromatic heterocycles. The number of carbonyl (C=O) groups is 1. The molecule has 1 fully saturated rings. The maximum absolute atomic E-state index is 11.9. The third-order valence-corrected chi connectivity index (χ3v) is 4.13. The molecule has 1 aliphatic rings. The number of amides is 1. The van der Waals surface area contributed by atoms with Gasteiger partial charge in [-0.3, -0.25) is 9.69 Å². The molecule has 4 nitrogen and oxygen atoms in total. The van der Waals surface area contributed by atoms with Crippen molar-refractivity contribution in [3.05, 3.63) is 29.3 Å². The van der Waals surface area contributed by atoms with Crippen LogP contribution in [0.2, 0.25) is 0 Å². The molecule has 1 amide bonds. The number of hydrogen-bond donors (Lipinski definition) is 1. The van der Waals surface area contributed by atoms with Crippen LogP contribution in [0.1, 0.15) is 30.9 Å². The number of likely N-dealkylation sites (N-methyl/N-ethyl adjacent to an activating group) is 1. The molecule has 1 atom stereocenters. The van der Waals surface area contributed by atoms with E-state index >= 15 is 0 Å². The van der Waals surface area contributed by atoms with Crippen molar-refractivity contribution in [1.29, 1.82) is 0 Å².